The molecule has 1 aliphatic heterocycles. The number of fused-ring (bicyclic) bond motifs is 1. The minimum absolute atomic E-state index is 0.203. The average molecular weight is 320 g/mol. The second-order valence-electron chi connectivity index (χ2n) is 4.37. The summed E-state index contributed by atoms with van der Waals surface area (Å²) in [6, 6.07) is 3.30. The molecule has 15 heavy (non-hydrogen) atoms. The first-order chi connectivity index (χ1) is 6.88. The fourth-order valence-corrected chi connectivity index (χ4v) is 2.48. The normalized spacial score (nSPS) is 19.9. The Kier molecular flexibility index (Phi) is 2.58. The number of aliphatic hydroxyl groups is 1. The quantitative estimate of drug-likeness (QED) is 0.779. The molecule has 0 unspecified atom stereocenters. The second kappa shape index (κ2) is 3.52. The van der Waals surface area contributed by atoms with Gasteiger partial charge in [-0.3, -0.25) is 0 Å². The summed E-state index contributed by atoms with van der Waals surface area (Å²) in [6.45, 7) is 3.46. The number of halogens is 1. The van der Waals surface area contributed by atoms with Gasteiger partial charge in [0.2, 0.25) is 0 Å². The number of hydrogen-bond donors (Lipinski definition) is 2. The van der Waals surface area contributed by atoms with E-state index in [9.17, 15) is 10.2 Å². The van der Waals surface area contributed by atoms with Gasteiger partial charge in [-0.2, -0.15) is 0 Å². The predicted molar refractivity (Wildman–Crippen MR) is 65.2 cm³/mol. The smallest absolute Gasteiger partial charge is 0.131 e. The molecule has 0 aliphatic carbocycles. The van der Waals surface area contributed by atoms with E-state index in [1.807, 2.05) is 0 Å². The molecule has 0 spiro atoms. The van der Waals surface area contributed by atoms with Crippen LogP contribution in [0.1, 0.15) is 19.4 Å². The Morgan fingerprint density at radius 3 is 2.73 bits per heavy atom. The van der Waals surface area contributed by atoms with E-state index in [4.69, 9.17) is 4.74 Å². The lowest BCUT2D eigenvalue weighted by molar-refractivity contribution is -0.0230. The van der Waals surface area contributed by atoms with E-state index in [2.05, 4.69) is 22.6 Å². The van der Waals surface area contributed by atoms with Gasteiger partial charge in [-0.15, -0.1) is 0 Å². The van der Waals surface area contributed by atoms with Crippen LogP contribution in [0.5, 0.6) is 11.5 Å². The molecule has 0 aromatic heterocycles. The number of hydrogen-bond acceptors (Lipinski definition) is 3. The number of ether oxygens (including phenoxy) is 1. The summed E-state index contributed by atoms with van der Waals surface area (Å²) in [4.78, 5) is 0. The summed E-state index contributed by atoms with van der Waals surface area (Å²) < 4.78 is 6.60. The summed E-state index contributed by atoms with van der Waals surface area (Å²) in [5, 5.41) is 19.3. The van der Waals surface area contributed by atoms with Crippen molar-refractivity contribution in [3.05, 3.63) is 21.3 Å². The first-order valence-corrected chi connectivity index (χ1v) is 5.86. The Morgan fingerprint density at radius 1 is 1.47 bits per heavy atom. The van der Waals surface area contributed by atoms with E-state index in [-0.39, 0.29) is 11.9 Å². The minimum atomic E-state index is -0.863. The second-order valence-corrected chi connectivity index (χ2v) is 5.53. The minimum Gasteiger partial charge on any atom is -0.508 e. The first-order valence-electron chi connectivity index (χ1n) is 4.78. The highest BCUT2D eigenvalue weighted by atomic mass is 127. The Labute approximate surface area is 102 Å². The molecular weight excluding hydrogens is 307 g/mol. The van der Waals surface area contributed by atoms with Crippen LogP contribution >= 0.6 is 22.6 Å². The van der Waals surface area contributed by atoms with Crippen LogP contribution in [-0.2, 0) is 6.42 Å². The van der Waals surface area contributed by atoms with Crippen molar-refractivity contribution < 1.29 is 14.9 Å². The van der Waals surface area contributed by atoms with Crippen molar-refractivity contribution in [2.75, 3.05) is 0 Å². The summed E-state index contributed by atoms with van der Waals surface area (Å²) >= 11 is 2.17. The number of aromatic hydroxyl groups is 1. The fourth-order valence-electron chi connectivity index (χ4n) is 1.68. The van der Waals surface area contributed by atoms with Gasteiger partial charge in [-0.25, -0.2) is 0 Å². The Balaban J connectivity index is 2.35. The molecule has 0 amide bonds. The average Bonchev–Trinajstić information content (AvgIpc) is 2.46. The SMILES string of the molecule is CC(C)(O)[C@H]1Cc2c(I)cc(O)cc2O1. The van der Waals surface area contributed by atoms with Crippen LogP contribution in [0.2, 0.25) is 0 Å². The van der Waals surface area contributed by atoms with Crippen LogP contribution in [-0.4, -0.2) is 21.9 Å². The highest BCUT2D eigenvalue weighted by Gasteiger charge is 2.35. The zero-order chi connectivity index (χ0) is 11.2. The van der Waals surface area contributed by atoms with E-state index >= 15 is 0 Å². The molecule has 82 valence electrons. The van der Waals surface area contributed by atoms with Gasteiger partial charge in [0.25, 0.3) is 0 Å². The molecule has 1 aromatic rings. The summed E-state index contributed by atoms with van der Waals surface area (Å²) in [6.07, 6.45) is 0.458. The van der Waals surface area contributed by atoms with Crippen LogP contribution in [0, 0.1) is 3.57 Å². The molecule has 1 heterocycles. The summed E-state index contributed by atoms with van der Waals surface area (Å²) in [5.74, 6) is 0.890. The summed E-state index contributed by atoms with van der Waals surface area (Å²) in [5.41, 5.74) is 0.207. The number of phenols is 1. The monoisotopic (exact) mass is 320 g/mol. The Bertz CT molecular complexity index is 396. The molecular formula is C11H13IO3. The zero-order valence-electron chi connectivity index (χ0n) is 8.62. The molecule has 2 rings (SSSR count). The molecule has 3 nitrogen and oxygen atoms in total. The lowest BCUT2D eigenvalue weighted by atomic mass is 9.97. The predicted octanol–water partition coefficient (Wildman–Crippen LogP) is 2.07. The van der Waals surface area contributed by atoms with Crippen LogP contribution in [0.4, 0.5) is 0 Å². The molecule has 1 atom stereocenters. The lowest BCUT2D eigenvalue weighted by Gasteiger charge is -2.24. The number of benzene rings is 1. The van der Waals surface area contributed by atoms with Crippen molar-refractivity contribution in [1.82, 2.24) is 0 Å². The lowest BCUT2D eigenvalue weighted by Crippen LogP contribution is -2.39. The zero-order valence-corrected chi connectivity index (χ0v) is 10.8. The van der Waals surface area contributed by atoms with Crippen LogP contribution < -0.4 is 4.74 Å². The van der Waals surface area contributed by atoms with E-state index in [0.717, 1.165) is 9.13 Å². The van der Waals surface area contributed by atoms with Crippen molar-refractivity contribution >= 4 is 22.6 Å². The molecule has 1 aliphatic rings. The third-order valence-electron chi connectivity index (χ3n) is 2.59. The topological polar surface area (TPSA) is 49.7 Å². The maximum atomic E-state index is 9.86. The largest absolute Gasteiger partial charge is 0.508 e. The van der Waals surface area contributed by atoms with Crippen molar-refractivity contribution in [2.45, 2.75) is 32.0 Å². The van der Waals surface area contributed by atoms with Crippen molar-refractivity contribution in [3.8, 4) is 11.5 Å². The Morgan fingerprint density at radius 2 is 2.13 bits per heavy atom. The molecule has 1 aromatic carbocycles. The molecule has 2 N–H and O–H groups in total. The van der Waals surface area contributed by atoms with Gasteiger partial charge >= 0.3 is 0 Å². The highest BCUT2D eigenvalue weighted by Crippen LogP contribution is 2.38. The maximum Gasteiger partial charge on any atom is 0.131 e. The number of rotatable bonds is 1. The van der Waals surface area contributed by atoms with E-state index in [1.165, 1.54) is 0 Å². The third-order valence-corrected chi connectivity index (χ3v) is 3.55. The van der Waals surface area contributed by atoms with Gasteiger partial charge < -0.3 is 14.9 Å². The molecule has 0 radical (unpaired) electrons. The van der Waals surface area contributed by atoms with E-state index < -0.39 is 5.60 Å². The van der Waals surface area contributed by atoms with Crippen molar-refractivity contribution in [1.29, 1.82) is 0 Å². The van der Waals surface area contributed by atoms with Crippen molar-refractivity contribution in [3.63, 3.8) is 0 Å². The van der Waals surface area contributed by atoms with Gasteiger partial charge in [0.1, 0.15) is 17.6 Å². The molecule has 0 bridgehead atoms. The Hall–Kier alpha value is -0.490. The van der Waals surface area contributed by atoms with Crippen LogP contribution in [0.15, 0.2) is 12.1 Å². The number of phenolic OH excluding ortho intramolecular Hbond substituents is 1. The van der Waals surface area contributed by atoms with Crippen LogP contribution in [0.25, 0.3) is 0 Å². The van der Waals surface area contributed by atoms with Crippen molar-refractivity contribution in [2.24, 2.45) is 0 Å². The van der Waals surface area contributed by atoms with Crippen LogP contribution in [0.3, 0.4) is 0 Å². The third kappa shape index (κ3) is 2.06. The van der Waals surface area contributed by atoms with Gasteiger partial charge in [-0.05, 0) is 42.5 Å². The molecule has 4 heteroatoms. The van der Waals surface area contributed by atoms with Gasteiger partial charge in [0.05, 0.1) is 5.60 Å². The van der Waals surface area contributed by atoms with Gasteiger partial charge in [-0.1, -0.05) is 0 Å². The first kappa shape index (κ1) is 11.0. The molecule has 0 saturated carbocycles. The molecule has 0 saturated heterocycles. The highest BCUT2D eigenvalue weighted by molar-refractivity contribution is 14.1. The van der Waals surface area contributed by atoms with Gasteiger partial charge in [0.15, 0.2) is 0 Å². The standard InChI is InChI=1S/C11H13IO3/c1-11(2,14)10-5-7-8(12)3-6(13)4-9(7)15-10/h3-4,10,13-14H,5H2,1-2H3/t10-/m1/s1. The molecule has 0 fully saturated rings. The van der Waals surface area contributed by atoms with E-state index in [1.54, 1.807) is 26.0 Å². The van der Waals surface area contributed by atoms with Gasteiger partial charge in [0, 0.05) is 21.6 Å². The fraction of sp³-hybridized carbons (Fsp3) is 0.455. The summed E-state index contributed by atoms with van der Waals surface area (Å²) in [7, 11) is 0. The van der Waals surface area contributed by atoms with E-state index in [0.29, 0.717) is 12.2 Å². The maximum absolute atomic E-state index is 9.86.